The number of hydrogen-bond donors (Lipinski definition) is 0. The van der Waals surface area contributed by atoms with Crippen molar-refractivity contribution in [1.29, 1.82) is 0 Å². The van der Waals surface area contributed by atoms with Gasteiger partial charge < -0.3 is 0 Å². The first-order valence-corrected chi connectivity index (χ1v) is 12.3. The smallest absolute Gasteiger partial charge is 0.0452 e. The molecule has 2 atom stereocenters. The summed E-state index contributed by atoms with van der Waals surface area (Å²) in [6.07, 6.45) is 22.3. The molecule has 1 heteroatoms. The molecule has 3 aliphatic rings. The predicted molar refractivity (Wildman–Crippen MR) is 126 cm³/mol. The van der Waals surface area contributed by atoms with Crippen LogP contribution in [0.5, 0.6) is 0 Å². The largest absolute Gasteiger partial charge is 0.0840 e. The topological polar surface area (TPSA) is 0 Å². The van der Waals surface area contributed by atoms with Gasteiger partial charge in [0.15, 0.2) is 0 Å². The van der Waals surface area contributed by atoms with E-state index in [0.717, 1.165) is 17.4 Å². The summed E-state index contributed by atoms with van der Waals surface area (Å²) >= 11 is 6.74. The number of halogens is 1. The summed E-state index contributed by atoms with van der Waals surface area (Å²) in [4.78, 5) is 0. The molecule has 0 aliphatic heterocycles. The number of benzene rings is 1. The van der Waals surface area contributed by atoms with Gasteiger partial charge in [-0.15, -0.1) is 0 Å². The van der Waals surface area contributed by atoms with Crippen molar-refractivity contribution in [2.24, 2.45) is 16.7 Å². The van der Waals surface area contributed by atoms with Gasteiger partial charge in [-0.1, -0.05) is 119 Å². The zero-order valence-electron chi connectivity index (χ0n) is 18.4. The maximum Gasteiger partial charge on any atom is 0.0452 e. The average molecular weight is 409 g/mol. The molecule has 0 N–H and O–H groups in total. The van der Waals surface area contributed by atoms with Gasteiger partial charge in [0.2, 0.25) is 0 Å². The van der Waals surface area contributed by atoms with Gasteiger partial charge in [0.25, 0.3) is 0 Å². The van der Waals surface area contributed by atoms with Crippen molar-refractivity contribution in [2.45, 2.75) is 84.5 Å². The van der Waals surface area contributed by atoms with Crippen molar-refractivity contribution >= 4 is 11.6 Å². The second kappa shape index (κ2) is 8.84. The summed E-state index contributed by atoms with van der Waals surface area (Å²) < 4.78 is 0. The molecule has 0 spiro atoms. The first kappa shape index (κ1) is 21.0. The molecule has 0 bridgehead atoms. The summed E-state index contributed by atoms with van der Waals surface area (Å²) in [5.41, 5.74) is 4.54. The van der Waals surface area contributed by atoms with Gasteiger partial charge >= 0.3 is 0 Å². The van der Waals surface area contributed by atoms with Gasteiger partial charge in [-0.25, -0.2) is 0 Å². The molecule has 0 radical (unpaired) electrons. The van der Waals surface area contributed by atoms with Crippen molar-refractivity contribution in [3.05, 3.63) is 70.3 Å². The van der Waals surface area contributed by atoms with Crippen LogP contribution in [0.3, 0.4) is 0 Å². The van der Waals surface area contributed by atoms with E-state index in [1.54, 1.807) is 0 Å². The Morgan fingerprint density at radius 1 is 0.828 bits per heavy atom. The molecule has 1 saturated carbocycles. The van der Waals surface area contributed by atoms with Gasteiger partial charge in [0.1, 0.15) is 0 Å². The fraction of sp³-hybridized carbons (Fsp3) is 0.571. The van der Waals surface area contributed by atoms with E-state index in [2.05, 4.69) is 62.4 Å². The van der Waals surface area contributed by atoms with E-state index in [1.807, 2.05) is 0 Å². The molecule has 1 aromatic carbocycles. The first-order chi connectivity index (χ1) is 14.0. The standard InChI is InChI=1S/C28H37Cl/c1-27(24-16-12-7-5-3-4-6-8-13-17-24)18-19-28(27,2)26-23(21-25(26)29)20-22-14-10-9-11-15-22/h9-11,14-15,18-19,21,24H,3-8,12-13,16-17,20H2,1-2H3/t27-,28+/m0/s1. The Balaban J connectivity index is 1.56. The lowest BCUT2D eigenvalue weighted by molar-refractivity contribution is 0.0789. The van der Waals surface area contributed by atoms with E-state index in [0.29, 0.717) is 0 Å². The maximum absolute atomic E-state index is 6.74. The third-order valence-corrected chi connectivity index (χ3v) is 8.50. The summed E-state index contributed by atoms with van der Waals surface area (Å²) in [5, 5.41) is 0.991. The SMILES string of the molecule is C[C@@]1(C2CCCCCCCCCC2)C=C[C@]1(C)C1=C(Cc2ccccc2)C=C1Cl. The lowest BCUT2D eigenvalue weighted by Gasteiger charge is -2.57. The minimum Gasteiger partial charge on any atom is -0.0840 e. The van der Waals surface area contributed by atoms with Crippen molar-refractivity contribution in [3.63, 3.8) is 0 Å². The molecule has 1 fully saturated rings. The molecule has 0 heterocycles. The molecule has 0 unspecified atom stereocenters. The van der Waals surface area contributed by atoms with Crippen LogP contribution in [0.25, 0.3) is 0 Å². The van der Waals surface area contributed by atoms with Crippen LogP contribution in [0.2, 0.25) is 0 Å². The molecule has 1 aromatic rings. The minimum atomic E-state index is 0.0772. The lowest BCUT2D eigenvalue weighted by Crippen LogP contribution is -2.49. The molecular weight excluding hydrogens is 372 g/mol. The summed E-state index contributed by atoms with van der Waals surface area (Å²) in [5.74, 6) is 0.770. The van der Waals surface area contributed by atoms with Gasteiger partial charge in [0.05, 0.1) is 0 Å². The number of rotatable bonds is 4. The highest BCUT2D eigenvalue weighted by molar-refractivity contribution is 6.33. The maximum atomic E-state index is 6.74. The molecule has 0 amide bonds. The zero-order chi connectivity index (χ0) is 20.3. The highest BCUT2D eigenvalue weighted by Gasteiger charge is 2.55. The quantitative estimate of drug-likeness (QED) is 0.436. The van der Waals surface area contributed by atoms with Crippen LogP contribution in [-0.2, 0) is 6.42 Å². The van der Waals surface area contributed by atoms with Crippen LogP contribution in [0.4, 0.5) is 0 Å². The third kappa shape index (κ3) is 4.02. The first-order valence-electron chi connectivity index (χ1n) is 11.9. The van der Waals surface area contributed by atoms with Gasteiger partial charge in [-0.2, -0.15) is 0 Å². The molecule has 3 aliphatic carbocycles. The Kier molecular flexibility index (Phi) is 6.40. The van der Waals surface area contributed by atoms with Crippen LogP contribution in [0.15, 0.2) is 64.7 Å². The Labute approximate surface area is 183 Å². The summed E-state index contributed by atoms with van der Waals surface area (Å²) in [6, 6.07) is 10.8. The Morgan fingerprint density at radius 3 is 1.93 bits per heavy atom. The van der Waals surface area contributed by atoms with Crippen LogP contribution in [0, 0.1) is 16.7 Å². The Bertz CT molecular complexity index is 787. The van der Waals surface area contributed by atoms with Crippen LogP contribution in [-0.4, -0.2) is 0 Å². The molecule has 156 valence electrons. The molecule has 4 rings (SSSR count). The minimum absolute atomic E-state index is 0.0772. The van der Waals surface area contributed by atoms with E-state index in [-0.39, 0.29) is 10.8 Å². The summed E-state index contributed by atoms with van der Waals surface area (Å²) in [7, 11) is 0. The van der Waals surface area contributed by atoms with Crippen molar-refractivity contribution in [1.82, 2.24) is 0 Å². The monoisotopic (exact) mass is 408 g/mol. The highest BCUT2D eigenvalue weighted by atomic mass is 35.5. The van der Waals surface area contributed by atoms with Gasteiger partial charge in [0, 0.05) is 15.9 Å². The molecular formula is C28H37Cl. The fourth-order valence-electron chi connectivity index (χ4n) is 6.00. The number of hydrogen-bond acceptors (Lipinski definition) is 0. The van der Waals surface area contributed by atoms with Crippen molar-refractivity contribution in [2.75, 3.05) is 0 Å². The van der Waals surface area contributed by atoms with Crippen molar-refractivity contribution in [3.8, 4) is 0 Å². The fourth-order valence-corrected chi connectivity index (χ4v) is 6.45. The second-order valence-electron chi connectivity index (χ2n) is 9.98. The Morgan fingerprint density at radius 2 is 1.41 bits per heavy atom. The molecule has 29 heavy (non-hydrogen) atoms. The van der Waals surface area contributed by atoms with Crippen molar-refractivity contribution < 1.29 is 0 Å². The highest BCUT2D eigenvalue weighted by Crippen LogP contribution is 2.64. The molecule has 0 aromatic heterocycles. The van der Waals surface area contributed by atoms with Crippen LogP contribution < -0.4 is 0 Å². The van der Waals surface area contributed by atoms with Crippen LogP contribution in [0.1, 0.15) is 83.6 Å². The van der Waals surface area contributed by atoms with E-state index >= 15 is 0 Å². The van der Waals surface area contributed by atoms with E-state index in [1.165, 1.54) is 80.9 Å². The Hall–Kier alpha value is -1.27. The van der Waals surface area contributed by atoms with Gasteiger partial charge in [-0.3, -0.25) is 0 Å². The van der Waals surface area contributed by atoms with E-state index < -0.39 is 0 Å². The second-order valence-corrected chi connectivity index (χ2v) is 10.4. The third-order valence-electron chi connectivity index (χ3n) is 8.20. The van der Waals surface area contributed by atoms with Crippen LogP contribution >= 0.6 is 11.6 Å². The average Bonchev–Trinajstić information content (AvgIpc) is 2.78. The van der Waals surface area contributed by atoms with E-state index in [4.69, 9.17) is 11.6 Å². The molecule has 0 nitrogen and oxygen atoms in total. The predicted octanol–water partition coefficient (Wildman–Crippen LogP) is 8.78. The number of allylic oxidation sites excluding steroid dienone is 6. The van der Waals surface area contributed by atoms with Gasteiger partial charge in [-0.05, 0) is 48.0 Å². The lowest BCUT2D eigenvalue weighted by atomic mass is 9.47. The summed E-state index contributed by atoms with van der Waals surface area (Å²) in [6.45, 7) is 4.97. The van der Waals surface area contributed by atoms with E-state index in [9.17, 15) is 0 Å². The molecule has 0 saturated heterocycles. The normalized spacial score (nSPS) is 31.5. The zero-order valence-corrected chi connectivity index (χ0v) is 19.1.